The zero-order valence-electron chi connectivity index (χ0n) is 19.4. The highest BCUT2D eigenvalue weighted by atomic mass is 31.1. The van der Waals surface area contributed by atoms with Gasteiger partial charge in [-0.15, -0.1) is 0 Å². The summed E-state index contributed by atoms with van der Waals surface area (Å²) < 4.78 is 0. The van der Waals surface area contributed by atoms with Crippen LogP contribution in [0.3, 0.4) is 0 Å². The molecule has 0 radical (unpaired) electrons. The van der Waals surface area contributed by atoms with Gasteiger partial charge in [0.25, 0.3) is 0 Å². The van der Waals surface area contributed by atoms with Crippen LogP contribution in [0.5, 0.6) is 0 Å². The molecule has 1 N–H and O–H groups in total. The van der Waals surface area contributed by atoms with Gasteiger partial charge in [0.2, 0.25) is 0 Å². The fourth-order valence-electron chi connectivity index (χ4n) is 5.42. The summed E-state index contributed by atoms with van der Waals surface area (Å²) in [7, 11) is -0.266. The van der Waals surface area contributed by atoms with E-state index in [9.17, 15) is 0 Å². The van der Waals surface area contributed by atoms with Crippen molar-refractivity contribution >= 4 is 19.2 Å². The Morgan fingerprint density at radius 3 is 1.87 bits per heavy atom. The van der Waals surface area contributed by atoms with E-state index in [1.54, 1.807) is 0 Å². The van der Waals surface area contributed by atoms with Gasteiger partial charge >= 0.3 is 0 Å². The molecule has 0 aromatic heterocycles. The second kappa shape index (κ2) is 11.3. The Labute approximate surface area is 190 Å². The molecule has 2 saturated carbocycles. The van der Waals surface area contributed by atoms with Gasteiger partial charge in [0, 0.05) is 5.69 Å². The minimum absolute atomic E-state index is 0.266. The molecule has 0 heterocycles. The van der Waals surface area contributed by atoms with Crippen molar-refractivity contribution in [3.63, 3.8) is 0 Å². The predicted octanol–water partition coefficient (Wildman–Crippen LogP) is 8.42. The normalized spacial score (nSPS) is 19.0. The second-order valence-corrected chi connectivity index (χ2v) is 12.2. The second-order valence-electron chi connectivity index (χ2n) is 9.51. The molecule has 0 atom stereocenters. The molecule has 2 aliphatic rings. The van der Waals surface area contributed by atoms with Crippen LogP contribution in [0.4, 0.5) is 5.69 Å². The van der Waals surface area contributed by atoms with Crippen molar-refractivity contribution in [3.8, 4) is 0 Å². The number of anilines is 1. The van der Waals surface area contributed by atoms with E-state index >= 15 is 0 Å². The maximum atomic E-state index is 5.36. The summed E-state index contributed by atoms with van der Waals surface area (Å²) >= 11 is 0. The van der Waals surface area contributed by atoms with Gasteiger partial charge in [-0.1, -0.05) is 87.1 Å². The topological polar surface area (TPSA) is 24.4 Å². The summed E-state index contributed by atoms with van der Waals surface area (Å²) in [6.07, 6.45) is 14.1. The first-order valence-electron chi connectivity index (χ1n) is 12.4. The quantitative estimate of drug-likeness (QED) is 0.275. The van der Waals surface area contributed by atoms with Gasteiger partial charge < -0.3 is 5.32 Å². The van der Waals surface area contributed by atoms with Gasteiger partial charge in [0.15, 0.2) is 0 Å². The SMILES string of the molecule is Cc1cccc(C)c1NC(=NCc1ccccc1)P(C1CCCCC1)C1CCCCC1. The first kappa shape index (κ1) is 22.5. The minimum atomic E-state index is -0.266. The van der Waals surface area contributed by atoms with Gasteiger partial charge in [-0.05, 0) is 75.5 Å². The highest BCUT2D eigenvalue weighted by Gasteiger charge is 2.35. The summed E-state index contributed by atoms with van der Waals surface area (Å²) in [5.41, 5.74) is 8.27. The number of para-hydroxylation sites is 1. The molecular formula is C28H39N2P. The molecule has 4 rings (SSSR count). The van der Waals surface area contributed by atoms with Crippen LogP contribution in [0, 0.1) is 13.8 Å². The van der Waals surface area contributed by atoms with Crippen molar-refractivity contribution in [3.05, 3.63) is 65.2 Å². The van der Waals surface area contributed by atoms with Crippen LogP contribution < -0.4 is 5.32 Å². The Hall–Kier alpha value is -1.66. The molecule has 0 bridgehead atoms. The van der Waals surface area contributed by atoms with Crippen molar-refractivity contribution in [1.82, 2.24) is 0 Å². The van der Waals surface area contributed by atoms with Crippen molar-refractivity contribution in [2.24, 2.45) is 4.99 Å². The molecule has 2 nitrogen and oxygen atoms in total. The lowest BCUT2D eigenvalue weighted by Crippen LogP contribution is -2.28. The van der Waals surface area contributed by atoms with E-state index in [2.05, 4.69) is 67.7 Å². The van der Waals surface area contributed by atoms with Crippen LogP contribution in [0.2, 0.25) is 0 Å². The summed E-state index contributed by atoms with van der Waals surface area (Å²) in [5, 5.41) is 3.96. The van der Waals surface area contributed by atoms with E-state index in [4.69, 9.17) is 4.99 Å². The zero-order valence-corrected chi connectivity index (χ0v) is 20.3. The number of rotatable bonds is 6. The van der Waals surface area contributed by atoms with Crippen LogP contribution in [0.25, 0.3) is 0 Å². The fourth-order valence-corrected chi connectivity index (χ4v) is 9.03. The molecule has 0 unspecified atom stereocenters. The molecule has 0 spiro atoms. The van der Waals surface area contributed by atoms with E-state index in [-0.39, 0.29) is 7.92 Å². The lowest BCUT2D eigenvalue weighted by atomic mass is 9.99. The summed E-state index contributed by atoms with van der Waals surface area (Å²) in [5.74, 6) is 0. The monoisotopic (exact) mass is 434 g/mol. The Morgan fingerprint density at radius 1 is 0.774 bits per heavy atom. The highest BCUT2D eigenvalue weighted by molar-refractivity contribution is 7.76. The molecule has 0 saturated heterocycles. The number of nitrogens with one attached hydrogen (secondary N) is 1. The smallest absolute Gasteiger partial charge is 0.125 e. The molecule has 0 aliphatic heterocycles. The number of benzene rings is 2. The summed E-state index contributed by atoms with van der Waals surface area (Å²) in [6, 6.07) is 17.4. The van der Waals surface area contributed by atoms with Crippen molar-refractivity contribution in [2.75, 3.05) is 5.32 Å². The summed E-state index contributed by atoms with van der Waals surface area (Å²) in [4.78, 5) is 5.36. The third-order valence-electron chi connectivity index (χ3n) is 7.15. The molecule has 31 heavy (non-hydrogen) atoms. The molecular weight excluding hydrogens is 395 g/mol. The standard InChI is InChI=1S/C28H39N2P/c1-22-13-12-14-23(2)27(22)30-28(29-21-24-15-6-3-7-16-24)31(25-17-8-4-9-18-25)26-19-10-5-11-20-26/h3,6-7,12-16,25-26H,4-5,8-11,17-21H2,1-2H3,(H,29,30). The first-order valence-corrected chi connectivity index (χ1v) is 13.9. The Kier molecular flexibility index (Phi) is 8.20. The first-order chi connectivity index (χ1) is 15.2. The predicted molar refractivity (Wildman–Crippen MR) is 138 cm³/mol. The minimum Gasteiger partial charge on any atom is -0.340 e. The van der Waals surface area contributed by atoms with Crippen molar-refractivity contribution in [1.29, 1.82) is 0 Å². The van der Waals surface area contributed by atoms with Gasteiger partial charge in [-0.2, -0.15) is 0 Å². The third-order valence-corrected chi connectivity index (χ3v) is 10.5. The molecule has 2 aromatic carbocycles. The van der Waals surface area contributed by atoms with E-state index in [0.717, 1.165) is 17.9 Å². The number of nitrogens with zero attached hydrogens (tertiary/aromatic N) is 1. The van der Waals surface area contributed by atoms with Gasteiger partial charge in [-0.25, -0.2) is 0 Å². The maximum Gasteiger partial charge on any atom is 0.125 e. The third kappa shape index (κ3) is 5.98. The van der Waals surface area contributed by atoms with Crippen LogP contribution in [0.1, 0.15) is 80.9 Å². The van der Waals surface area contributed by atoms with Crippen LogP contribution in [0.15, 0.2) is 53.5 Å². The average Bonchev–Trinajstić information content (AvgIpc) is 2.82. The Morgan fingerprint density at radius 2 is 1.32 bits per heavy atom. The molecule has 166 valence electrons. The number of aryl methyl sites for hydroxylation is 2. The maximum absolute atomic E-state index is 5.36. The largest absolute Gasteiger partial charge is 0.340 e. The van der Waals surface area contributed by atoms with E-state index < -0.39 is 0 Å². The Bertz CT molecular complexity index is 810. The average molecular weight is 435 g/mol. The van der Waals surface area contributed by atoms with Gasteiger partial charge in [0.05, 0.1) is 6.54 Å². The van der Waals surface area contributed by atoms with Crippen LogP contribution in [-0.2, 0) is 6.54 Å². The van der Waals surface area contributed by atoms with E-state index in [1.165, 1.54) is 92.2 Å². The number of aliphatic imine (C=N–C) groups is 1. The Balaban J connectivity index is 1.69. The van der Waals surface area contributed by atoms with E-state index in [1.807, 2.05) is 0 Å². The molecule has 2 aromatic rings. The van der Waals surface area contributed by atoms with Crippen LogP contribution in [-0.4, -0.2) is 16.9 Å². The highest BCUT2D eigenvalue weighted by Crippen LogP contribution is 2.57. The number of hydrogen-bond donors (Lipinski definition) is 1. The van der Waals surface area contributed by atoms with E-state index in [0.29, 0.717) is 0 Å². The molecule has 2 fully saturated rings. The lowest BCUT2D eigenvalue weighted by molar-refractivity contribution is 0.487. The zero-order chi connectivity index (χ0) is 21.5. The fraction of sp³-hybridized carbons (Fsp3) is 0.536. The molecule has 2 aliphatic carbocycles. The molecule has 3 heteroatoms. The number of amidine groups is 1. The van der Waals surface area contributed by atoms with Gasteiger partial charge in [0.1, 0.15) is 5.58 Å². The number of hydrogen-bond acceptors (Lipinski definition) is 1. The van der Waals surface area contributed by atoms with Crippen molar-refractivity contribution < 1.29 is 0 Å². The van der Waals surface area contributed by atoms with Gasteiger partial charge in [-0.3, -0.25) is 4.99 Å². The lowest BCUT2D eigenvalue weighted by Gasteiger charge is -2.39. The van der Waals surface area contributed by atoms with Crippen molar-refractivity contribution in [2.45, 2.75) is 95.9 Å². The summed E-state index contributed by atoms with van der Waals surface area (Å²) in [6.45, 7) is 5.24. The molecule has 0 amide bonds. The van der Waals surface area contributed by atoms with Crippen LogP contribution >= 0.6 is 7.92 Å².